The number of hydrogen-bond acceptors (Lipinski definition) is 2. The van der Waals surface area contributed by atoms with Crippen molar-refractivity contribution >= 4 is 0 Å². The van der Waals surface area contributed by atoms with Crippen molar-refractivity contribution in [2.45, 2.75) is 45.6 Å². The molecular weight excluding hydrogens is 256 g/mol. The van der Waals surface area contributed by atoms with E-state index in [-0.39, 0.29) is 0 Å². The summed E-state index contributed by atoms with van der Waals surface area (Å²) in [6, 6.07) is 9.59. The van der Waals surface area contributed by atoms with E-state index in [1.165, 1.54) is 56.4 Å². The molecule has 1 aliphatic carbocycles. The first-order valence-electron chi connectivity index (χ1n) is 8.78. The van der Waals surface area contributed by atoms with Crippen LogP contribution in [0.25, 0.3) is 0 Å². The van der Waals surface area contributed by atoms with Gasteiger partial charge in [-0.15, -0.1) is 0 Å². The van der Waals surface area contributed by atoms with E-state index in [0.29, 0.717) is 6.04 Å². The molecule has 1 saturated heterocycles. The van der Waals surface area contributed by atoms with Crippen LogP contribution in [0.3, 0.4) is 0 Å². The van der Waals surface area contributed by atoms with E-state index in [4.69, 9.17) is 0 Å². The minimum atomic E-state index is 0.490. The molecule has 2 aliphatic rings. The average Bonchev–Trinajstić information content (AvgIpc) is 3.05. The summed E-state index contributed by atoms with van der Waals surface area (Å²) in [4.78, 5) is 2.71. The first-order valence-corrected chi connectivity index (χ1v) is 8.78. The second-order valence-corrected chi connectivity index (χ2v) is 7.09. The van der Waals surface area contributed by atoms with Crippen LogP contribution >= 0.6 is 0 Å². The van der Waals surface area contributed by atoms with Gasteiger partial charge in [0.2, 0.25) is 0 Å². The topological polar surface area (TPSA) is 15.3 Å². The summed E-state index contributed by atoms with van der Waals surface area (Å²) in [5, 5.41) is 3.76. The van der Waals surface area contributed by atoms with Crippen LogP contribution in [0, 0.1) is 18.8 Å². The first-order chi connectivity index (χ1) is 10.3. The quantitative estimate of drug-likeness (QED) is 0.856. The van der Waals surface area contributed by atoms with Crippen molar-refractivity contribution in [2.75, 3.05) is 26.2 Å². The highest BCUT2D eigenvalue weighted by molar-refractivity contribution is 5.24. The third-order valence-electron chi connectivity index (χ3n) is 5.36. The highest BCUT2D eigenvalue weighted by Crippen LogP contribution is 2.38. The number of rotatable bonds is 6. The zero-order valence-corrected chi connectivity index (χ0v) is 13.6. The maximum absolute atomic E-state index is 3.76. The second-order valence-electron chi connectivity index (χ2n) is 7.09. The maximum Gasteiger partial charge on any atom is 0.0449 e. The van der Waals surface area contributed by atoms with Gasteiger partial charge in [0.1, 0.15) is 0 Å². The lowest BCUT2D eigenvalue weighted by molar-refractivity contribution is 0.272. The van der Waals surface area contributed by atoms with Crippen LogP contribution in [0.15, 0.2) is 24.3 Å². The van der Waals surface area contributed by atoms with Crippen LogP contribution in [0.4, 0.5) is 0 Å². The molecule has 2 fully saturated rings. The van der Waals surface area contributed by atoms with Gasteiger partial charge in [0.15, 0.2) is 0 Å². The first kappa shape index (κ1) is 15.1. The van der Waals surface area contributed by atoms with Gasteiger partial charge in [0, 0.05) is 25.7 Å². The predicted octanol–water partition coefficient (Wildman–Crippen LogP) is 3.77. The Bertz CT molecular complexity index is 427. The van der Waals surface area contributed by atoms with Gasteiger partial charge in [0.05, 0.1) is 0 Å². The summed E-state index contributed by atoms with van der Waals surface area (Å²) in [6.45, 7) is 9.37. The monoisotopic (exact) mass is 286 g/mol. The molecule has 116 valence electrons. The summed E-state index contributed by atoms with van der Waals surface area (Å²) in [6.07, 6.45) is 5.61. The van der Waals surface area contributed by atoms with Crippen molar-refractivity contribution in [3.8, 4) is 0 Å². The van der Waals surface area contributed by atoms with Crippen molar-refractivity contribution in [3.63, 3.8) is 0 Å². The Balaban J connectivity index is 1.63. The number of nitrogens with zero attached hydrogens (tertiary/aromatic N) is 1. The van der Waals surface area contributed by atoms with Gasteiger partial charge in [-0.1, -0.05) is 43.2 Å². The van der Waals surface area contributed by atoms with Gasteiger partial charge in [-0.2, -0.15) is 0 Å². The molecule has 1 heterocycles. The summed E-state index contributed by atoms with van der Waals surface area (Å²) >= 11 is 0. The molecule has 3 rings (SSSR count). The normalized spacial score (nSPS) is 27.0. The van der Waals surface area contributed by atoms with Crippen molar-refractivity contribution in [3.05, 3.63) is 35.4 Å². The van der Waals surface area contributed by atoms with Crippen LogP contribution in [0.1, 0.15) is 49.8 Å². The zero-order valence-electron chi connectivity index (χ0n) is 13.6. The number of nitrogens with one attached hydrogen (secondary N) is 1. The molecule has 1 aromatic carbocycles. The van der Waals surface area contributed by atoms with Crippen LogP contribution in [-0.4, -0.2) is 31.1 Å². The number of hydrogen-bond donors (Lipinski definition) is 1. The van der Waals surface area contributed by atoms with Crippen molar-refractivity contribution in [2.24, 2.45) is 11.8 Å². The molecule has 3 unspecified atom stereocenters. The fourth-order valence-electron chi connectivity index (χ4n) is 4.14. The number of benzene rings is 1. The number of aryl methyl sites for hydroxylation is 1. The summed E-state index contributed by atoms with van der Waals surface area (Å²) in [7, 11) is 0. The zero-order chi connectivity index (χ0) is 14.7. The summed E-state index contributed by atoms with van der Waals surface area (Å²) in [5.74, 6) is 1.99. The minimum absolute atomic E-state index is 0.490. The van der Waals surface area contributed by atoms with E-state index < -0.39 is 0 Å². The Morgan fingerprint density at radius 2 is 1.81 bits per heavy atom. The van der Waals surface area contributed by atoms with Gasteiger partial charge in [-0.25, -0.2) is 0 Å². The standard InChI is InChI=1S/C19H30N2/c1-3-11-20-19(16-9-7-15(2)8-10-16)14-21-12-17-5-4-6-18(17)13-21/h7-10,17-20H,3-6,11-14H2,1-2H3. The Morgan fingerprint density at radius 1 is 1.14 bits per heavy atom. The Hall–Kier alpha value is -0.860. The average molecular weight is 286 g/mol. The molecule has 0 aromatic heterocycles. The Kier molecular flexibility index (Phi) is 4.97. The van der Waals surface area contributed by atoms with E-state index in [9.17, 15) is 0 Å². The van der Waals surface area contributed by atoms with Gasteiger partial charge < -0.3 is 10.2 Å². The van der Waals surface area contributed by atoms with Crippen LogP contribution in [-0.2, 0) is 0 Å². The maximum atomic E-state index is 3.76. The molecule has 21 heavy (non-hydrogen) atoms. The molecular formula is C19H30N2. The molecule has 0 spiro atoms. The van der Waals surface area contributed by atoms with Gasteiger partial charge in [-0.05, 0) is 50.1 Å². The van der Waals surface area contributed by atoms with Crippen molar-refractivity contribution in [1.82, 2.24) is 10.2 Å². The van der Waals surface area contributed by atoms with E-state index in [2.05, 4.69) is 48.3 Å². The highest BCUT2D eigenvalue weighted by Gasteiger charge is 2.36. The summed E-state index contributed by atoms with van der Waals surface area (Å²) < 4.78 is 0. The molecule has 2 nitrogen and oxygen atoms in total. The molecule has 0 amide bonds. The van der Waals surface area contributed by atoms with E-state index in [1.807, 2.05) is 0 Å². The van der Waals surface area contributed by atoms with E-state index >= 15 is 0 Å². The second kappa shape index (κ2) is 6.93. The van der Waals surface area contributed by atoms with E-state index in [0.717, 1.165) is 18.4 Å². The number of fused-ring (bicyclic) bond motifs is 1. The summed E-state index contributed by atoms with van der Waals surface area (Å²) in [5.41, 5.74) is 2.80. The fraction of sp³-hybridized carbons (Fsp3) is 0.684. The lowest BCUT2D eigenvalue weighted by Gasteiger charge is -2.26. The highest BCUT2D eigenvalue weighted by atomic mass is 15.2. The van der Waals surface area contributed by atoms with Gasteiger partial charge in [-0.3, -0.25) is 0 Å². The molecule has 1 saturated carbocycles. The van der Waals surface area contributed by atoms with Gasteiger partial charge in [0.25, 0.3) is 0 Å². The smallest absolute Gasteiger partial charge is 0.0449 e. The van der Waals surface area contributed by atoms with Crippen LogP contribution < -0.4 is 5.32 Å². The lowest BCUT2D eigenvalue weighted by Crippen LogP contribution is -2.35. The third kappa shape index (κ3) is 3.67. The van der Waals surface area contributed by atoms with Crippen molar-refractivity contribution in [1.29, 1.82) is 0 Å². The molecule has 0 bridgehead atoms. The lowest BCUT2D eigenvalue weighted by atomic mass is 10.0. The minimum Gasteiger partial charge on any atom is -0.309 e. The molecule has 1 aromatic rings. The van der Waals surface area contributed by atoms with Crippen LogP contribution in [0.2, 0.25) is 0 Å². The van der Waals surface area contributed by atoms with Crippen LogP contribution in [0.5, 0.6) is 0 Å². The molecule has 3 atom stereocenters. The van der Waals surface area contributed by atoms with Gasteiger partial charge >= 0.3 is 0 Å². The third-order valence-corrected chi connectivity index (χ3v) is 5.36. The molecule has 1 N–H and O–H groups in total. The Labute approximate surface area is 129 Å². The number of likely N-dealkylation sites (tertiary alicyclic amines) is 1. The van der Waals surface area contributed by atoms with E-state index in [1.54, 1.807) is 0 Å². The molecule has 0 radical (unpaired) electrons. The largest absolute Gasteiger partial charge is 0.309 e. The molecule has 2 heteroatoms. The molecule has 1 aliphatic heterocycles. The SMILES string of the molecule is CCCNC(CN1CC2CCCC2C1)c1ccc(C)cc1. The predicted molar refractivity (Wildman–Crippen MR) is 89.5 cm³/mol. The Morgan fingerprint density at radius 3 is 2.43 bits per heavy atom. The fourth-order valence-corrected chi connectivity index (χ4v) is 4.14. The van der Waals surface area contributed by atoms with Crippen molar-refractivity contribution < 1.29 is 0 Å².